The second-order valence-electron chi connectivity index (χ2n) is 9.94. The van der Waals surface area contributed by atoms with Gasteiger partial charge in [0.1, 0.15) is 11.4 Å². The van der Waals surface area contributed by atoms with Crippen LogP contribution >= 0.6 is 0 Å². The molecule has 2 aromatic heterocycles. The van der Waals surface area contributed by atoms with Gasteiger partial charge in [-0.15, -0.1) is 0 Å². The zero-order valence-corrected chi connectivity index (χ0v) is 24.3. The predicted octanol–water partition coefficient (Wildman–Crippen LogP) is 6.11. The molecule has 0 saturated carbocycles. The highest BCUT2D eigenvalue weighted by Gasteiger charge is 2.30. The molecule has 0 aliphatic heterocycles. The maximum Gasteiger partial charge on any atom is 0.353 e. The molecule has 0 unspecified atom stereocenters. The number of hydrogen-bond donors (Lipinski definition) is 4. The number of aromatic nitrogens is 2. The zero-order chi connectivity index (χ0) is 31.5. The summed E-state index contributed by atoms with van der Waals surface area (Å²) >= 11 is 0. The largest absolute Gasteiger partial charge is 0.478 e. The normalized spacial score (nSPS) is 10.6. The predicted molar refractivity (Wildman–Crippen MR) is 157 cm³/mol. The van der Waals surface area contributed by atoms with Crippen LogP contribution in [0.4, 0.5) is 0 Å². The summed E-state index contributed by atoms with van der Waals surface area (Å²) in [5.41, 5.74) is 5.93. The maximum atomic E-state index is 11.8. The van der Waals surface area contributed by atoms with Crippen molar-refractivity contribution in [2.45, 2.75) is 54.4 Å². The highest BCUT2D eigenvalue weighted by Crippen LogP contribution is 2.30. The van der Waals surface area contributed by atoms with Gasteiger partial charge in [0.25, 0.3) is 0 Å². The van der Waals surface area contributed by atoms with Crippen LogP contribution in [-0.2, 0) is 12.8 Å². The fourth-order valence-corrected chi connectivity index (χ4v) is 5.28. The number of benzene rings is 2. The Labute approximate surface area is 243 Å². The third-order valence-electron chi connectivity index (χ3n) is 7.01. The standard InChI is InChI=1S/C18H21NO4.C14H13NO4/c1-5-12-13(6-2)19(14-8-7-10(3)9-11(14)4)16(18(22)23)15(12)17(20)21;1-8-3-4-11(9(2)7-8)15-6-5-10(13(16)17)12(15)14(18)19/h7-9H,5-6H2,1-4H3,(H,20,21)(H,22,23);3-7H,1-2H3,(H,16,17)(H,18,19). The van der Waals surface area contributed by atoms with Crippen LogP contribution in [0.5, 0.6) is 0 Å². The van der Waals surface area contributed by atoms with Gasteiger partial charge >= 0.3 is 23.9 Å². The first-order valence-electron chi connectivity index (χ1n) is 13.3. The van der Waals surface area contributed by atoms with Crippen molar-refractivity contribution in [3.8, 4) is 11.4 Å². The van der Waals surface area contributed by atoms with Gasteiger partial charge in [-0.25, -0.2) is 19.2 Å². The van der Waals surface area contributed by atoms with E-state index in [4.69, 9.17) is 5.11 Å². The quantitative estimate of drug-likeness (QED) is 0.196. The monoisotopic (exact) mass is 574 g/mol. The Morgan fingerprint density at radius 2 is 1.17 bits per heavy atom. The van der Waals surface area contributed by atoms with E-state index in [0.717, 1.165) is 27.9 Å². The first-order valence-corrected chi connectivity index (χ1v) is 13.3. The Bertz CT molecular complexity index is 1710. The van der Waals surface area contributed by atoms with Gasteiger partial charge in [0.05, 0.1) is 11.1 Å². The van der Waals surface area contributed by atoms with E-state index in [1.54, 1.807) is 10.6 Å². The summed E-state index contributed by atoms with van der Waals surface area (Å²) in [5.74, 6) is -4.93. The van der Waals surface area contributed by atoms with Gasteiger partial charge in [0.15, 0.2) is 0 Å². The fraction of sp³-hybridized carbons (Fsp3) is 0.250. The van der Waals surface area contributed by atoms with E-state index in [1.165, 1.54) is 16.8 Å². The Morgan fingerprint density at radius 1 is 0.643 bits per heavy atom. The third-order valence-corrected chi connectivity index (χ3v) is 7.01. The van der Waals surface area contributed by atoms with E-state index in [-0.39, 0.29) is 22.5 Å². The minimum Gasteiger partial charge on any atom is -0.478 e. The van der Waals surface area contributed by atoms with Crippen LogP contribution in [-0.4, -0.2) is 53.4 Å². The molecule has 0 spiro atoms. The molecule has 4 N–H and O–H groups in total. The average molecular weight is 575 g/mol. The number of aromatic carboxylic acids is 4. The van der Waals surface area contributed by atoms with Crippen LogP contribution in [0.2, 0.25) is 0 Å². The number of carboxylic acids is 4. The van der Waals surface area contributed by atoms with Crippen LogP contribution in [0.25, 0.3) is 11.4 Å². The molecular weight excluding hydrogens is 540 g/mol. The fourth-order valence-electron chi connectivity index (χ4n) is 5.28. The lowest BCUT2D eigenvalue weighted by molar-refractivity contribution is 0.0645. The van der Waals surface area contributed by atoms with Crippen LogP contribution < -0.4 is 0 Å². The van der Waals surface area contributed by atoms with Crippen molar-refractivity contribution < 1.29 is 39.6 Å². The number of nitrogens with zero attached hydrogens (tertiary/aromatic N) is 2. The molecule has 2 aromatic carbocycles. The lowest BCUT2D eigenvalue weighted by atomic mass is 10.0. The van der Waals surface area contributed by atoms with E-state index in [1.807, 2.05) is 71.9 Å². The molecule has 10 nitrogen and oxygen atoms in total. The zero-order valence-electron chi connectivity index (χ0n) is 24.3. The van der Waals surface area contributed by atoms with E-state index in [2.05, 4.69) is 0 Å². The Balaban J connectivity index is 0.000000235. The molecule has 0 bridgehead atoms. The summed E-state index contributed by atoms with van der Waals surface area (Å²) in [6, 6.07) is 12.6. The maximum absolute atomic E-state index is 11.8. The topological polar surface area (TPSA) is 159 Å². The van der Waals surface area contributed by atoms with Crippen molar-refractivity contribution in [1.82, 2.24) is 9.13 Å². The minimum atomic E-state index is -1.26. The smallest absolute Gasteiger partial charge is 0.353 e. The van der Waals surface area contributed by atoms with E-state index in [9.17, 15) is 34.5 Å². The van der Waals surface area contributed by atoms with Crippen molar-refractivity contribution in [3.63, 3.8) is 0 Å². The highest BCUT2D eigenvalue weighted by atomic mass is 16.4. The van der Waals surface area contributed by atoms with Crippen LogP contribution in [0, 0.1) is 27.7 Å². The van der Waals surface area contributed by atoms with Crippen LogP contribution in [0.15, 0.2) is 48.7 Å². The summed E-state index contributed by atoms with van der Waals surface area (Å²) in [6.07, 6.45) is 2.50. The molecule has 0 amide bonds. The molecule has 0 fully saturated rings. The van der Waals surface area contributed by atoms with E-state index >= 15 is 0 Å². The second kappa shape index (κ2) is 12.6. The minimum absolute atomic E-state index is 0.100. The molecule has 4 aromatic rings. The molecule has 2 heterocycles. The Kier molecular flexibility index (Phi) is 9.42. The summed E-state index contributed by atoms with van der Waals surface area (Å²) in [7, 11) is 0. The van der Waals surface area contributed by atoms with Gasteiger partial charge in [-0.3, -0.25) is 0 Å². The van der Waals surface area contributed by atoms with E-state index in [0.29, 0.717) is 29.8 Å². The molecule has 42 heavy (non-hydrogen) atoms. The number of carboxylic acid groups (broad SMARTS) is 4. The molecule has 0 saturated heterocycles. The molecule has 0 aliphatic carbocycles. The number of hydrogen-bond acceptors (Lipinski definition) is 4. The molecular formula is C32H34N2O8. The van der Waals surface area contributed by atoms with Gasteiger partial charge in [0, 0.05) is 23.3 Å². The van der Waals surface area contributed by atoms with Crippen molar-refractivity contribution in [1.29, 1.82) is 0 Å². The van der Waals surface area contributed by atoms with Crippen molar-refractivity contribution >= 4 is 23.9 Å². The van der Waals surface area contributed by atoms with Gasteiger partial charge in [-0.1, -0.05) is 49.2 Å². The lowest BCUT2D eigenvalue weighted by Gasteiger charge is -2.15. The van der Waals surface area contributed by atoms with Crippen LogP contribution in [0.1, 0.15) is 89.1 Å². The molecule has 10 heteroatoms. The van der Waals surface area contributed by atoms with Crippen LogP contribution in [0.3, 0.4) is 0 Å². The van der Waals surface area contributed by atoms with Crippen molar-refractivity contribution in [2.24, 2.45) is 0 Å². The van der Waals surface area contributed by atoms with E-state index < -0.39 is 23.9 Å². The SMILES string of the molecule is CCc1c(C(=O)O)c(C(=O)O)n(-c2ccc(C)cc2C)c1CC.Cc1ccc(-n2ccc(C(=O)O)c2C(=O)O)c(C)c1. The first kappa shape index (κ1) is 31.4. The summed E-state index contributed by atoms with van der Waals surface area (Å²) in [6.45, 7) is 11.4. The number of aryl methyl sites for hydroxylation is 4. The second-order valence-corrected chi connectivity index (χ2v) is 9.94. The molecule has 220 valence electrons. The Morgan fingerprint density at radius 3 is 1.57 bits per heavy atom. The third kappa shape index (κ3) is 5.97. The van der Waals surface area contributed by atoms with Gasteiger partial charge < -0.3 is 29.6 Å². The molecule has 0 aliphatic rings. The van der Waals surface area contributed by atoms with Gasteiger partial charge in [0.2, 0.25) is 0 Å². The average Bonchev–Trinajstić information content (AvgIpc) is 3.49. The number of carbonyl (C=O) groups is 4. The highest BCUT2D eigenvalue weighted by molar-refractivity contribution is 6.03. The van der Waals surface area contributed by atoms with Gasteiger partial charge in [-0.05, 0) is 75.4 Å². The van der Waals surface area contributed by atoms with Crippen molar-refractivity contribution in [2.75, 3.05) is 0 Å². The summed E-state index contributed by atoms with van der Waals surface area (Å²) in [5, 5.41) is 37.4. The summed E-state index contributed by atoms with van der Waals surface area (Å²) in [4.78, 5) is 45.8. The van der Waals surface area contributed by atoms with Crippen molar-refractivity contribution in [3.05, 3.63) is 105 Å². The molecule has 0 radical (unpaired) electrons. The Hall–Kier alpha value is -5.12. The van der Waals surface area contributed by atoms with Gasteiger partial charge in [-0.2, -0.15) is 0 Å². The number of rotatable bonds is 8. The lowest BCUT2D eigenvalue weighted by Crippen LogP contribution is -2.13. The molecule has 0 atom stereocenters. The summed E-state index contributed by atoms with van der Waals surface area (Å²) < 4.78 is 2.99. The first-order chi connectivity index (χ1) is 19.7. The molecule has 4 rings (SSSR count).